The number of amides is 1. The third-order valence-electron chi connectivity index (χ3n) is 5.31. The van der Waals surface area contributed by atoms with Gasteiger partial charge in [-0.3, -0.25) is 4.79 Å². The predicted octanol–water partition coefficient (Wildman–Crippen LogP) is 2.34. The van der Waals surface area contributed by atoms with E-state index in [2.05, 4.69) is 26.9 Å². The molecule has 6 nitrogen and oxygen atoms in total. The van der Waals surface area contributed by atoms with Gasteiger partial charge in [-0.15, -0.1) is 0 Å². The van der Waals surface area contributed by atoms with Crippen molar-refractivity contribution in [1.29, 1.82) is 0 Å². The van der Waals surface area contributed by atoms with E-state index >= 15 is 0 Å². The summed E-state index contributed by atoms with van der Waals surface area (Å²) in [7, 11) is 1.69. The zero-order valence-corrected chi connectivity index (χ0v) is 14.6. The molecule has 2 heterocycles. The average molecular weight is 340 g/mol. The summed E-state index contributed by atoms with van der Waals surface area (Å²) in [6.07, 6.45) is 4.11. The lowest BCUT2D eigenvalue weighted by Gasteiger charge is -2.37. The quantitative estimate of drug-likeness (QED) is 0.829. The van der Waals surface area contributed by atoms with Crippen LogP contribution in [0.25, 0.3) is 0 Å². The maximum Gasteiger partial charge on any atom is 0.257 e. The van der Waals surface area contributed by atoms with Gasteiger partial charge in [-0.25, -0.2) is 4.99 Å². The molecule has 4 rings (SSSR count). The second-order valence-corrected chi connectivity index (χ2v) is 6.83. The number of guanidine groups is 1. The lowest BCUT2D eigenvalue weighted by molar-refractivity contribution is -0.120. The molecule has 1 aliphatic carbocycles. The highest BCUT2D eigenvalue weighted by Crippen LogP contribution is 2.27. The molecular formula is C19H24N4O2. The fourth-order valence-corrected chi connectivity index (χ4v) is 3.84. The van der Waals surface area contributed by atoms with E-state index in [0.29, 0.717) is 5.96 Å². The van der Waals surface area contributed by atoms with Crippen LogP contribution in [-0.2, 0) is 4.79 Å². The average Bonchev–Trinajstić information content (AvgIpc) is 2.68. The molecule has 0 radical (unpaired) electrons. The Balaban J connectivity index is 1.43. The van der Waals surface area contributed by atoms with Crippen molar-refractivity contribution >= 4 is 23.3 Å². The minimum absolute atomic E-state index is 0.00919. The first-order chi connectivity index (χ1) is 12.2. The number of anilines is 1. The molecule has 1 amide bonds. The van der Waals surface area contributed by atoms with Crippen LogP contribution in [0.4, 0.5) is 5.69 Å². The summed E-state index contributed by atoms with van der Waals surface area (Å²) in [6.45, 7) is 3.42. The van der Waals surface area contributed by atoms with Crippen LogP contribution < -0.4 is 9.64 Å². The summed E-state index contributed by atoms with van der Waals surface area (Å²) in [5, 5.41) is 0. The Bertz CT molecular complexity index is 720. The second-order valence-electron chi connectivity index (χ2n) is 6.83. The summed E-state index contributed by atoms with van der Waals surface area (Å²) in [6, 6.07) is 8.13. The fraction of sp³-hybridized carbons (Fsp3) is 0.526. The second kappa shape index (κ2) is 6.86. The van der Waals surface area contributed by atoms with Crippen molar-refractivity contribution in [2.75, 3.05) is 38.2 Å². The maximum atomic E-state index is 12.3. The van der Waals surface area contributed by atoms with E-state index in [-0.39, 0.29) is 11.8 Å². The van der Waals surface area contributed by atoms with Crippen LogP contribution in [0.3, 0.4) is 0 Å². The SMILES string of the molecule is COc1cccc(N2CCN(C3=NC(=O)C4CCCCC4=N3)CC2)c1. The largest absolute Gasteiger partial charge is 0.497 e. The third kappa shape index (κ3) is 3.25. The number of benzene rings is 1. The summed E-state index contributed by atoms with van der Waals surface area (Å²) in [4.78, 5) is 25.8. The molecule has 25 heavy (non-hydrogen) atoms. The van der Waals surface area contributed by atoms with Gasteiger partial charge in [0.15, 0.2) is 0 Å². The number of carbonyl (C=O) groups excluding carboxylic acids is 1. The van der Waals surface area contributed by atoms with Crippen molar-refractivity contribution in [3.05, 3.63) is 24.3 Å². The molecule has 0 aromatic heterocycles. The van der Waals surface area contributed by atoms with Crippen LogP contribution >= 0.6 is 0 Å². The van der Waals surface area contributed by atoms with Crippen molar-refractivity contribution in [1.82, 2.24) is 4.90 Å². The molecule has 1 saturated carbocycles. The summed E-state index contributed by atoms with van der Waals surface area (Å²) < 4.78 is 5.31. The molecule has 132 valence electrons. The number of methoxy groups -OCH3 is 1. The number of ether oxygens (including phenoxy) is 1. The highest BCUT2D eigenvalue weighted by Gasteiger charge is 2.32. The highest BCUT2D eigenvalue weighted by molar-refractivity contribution is 6.15. The van der Waals surface area contributed by atoms with E-state index in [1.807, 2.05) is 12.1 Å². The Morgan fingerprint density at radius 2 is 1.88 bits per heavy atom. The lowest BCUT2D eigenvalue weighted by Crippen LogP contribution is -2.50. The first kappa shape index (κ1) is 16.1. The van der Waals surface area contributed by atoms with E-state index < -0.39 is 0 Å². The number of piperazine rings is 1. The first-order valence-electron chi connectivity index (χ1n) is 9.08. The van der Waals surface area contributed by atoms with E-state index in [9.17, 15) is 4.79 Å². The Morgan fingerprint density at radius 1 is 1.08 bits per heavy atom. The predicted molar refractivity (Wildman–Crippen MR) is 98.6 cm³/mol. The monoisotopic (exact) mass is 340 g/mol. The number of carbonyl (C=O) groups is 1. The topological polar surface area (TPSA) is 57.5 Å². The molecule has 0 N–H and O–H groups in total. The Labute approximate surface area is 148 Å². The summed E-state index contributed by atoms with van der Waals surface area (Å²) in [5.41, 5.74) is 2.22. The van der Waals surface area contributed by atoms with Gasteiger partial charge < -0.3 is 14.5 Å². The van der Waals surface area contributed by atoms with E-state index in [1.165, 1.54) is 5.69 Å². The maximum absolute atomic E-state index is 12.3. The van der Waals surface area contributed by atoms with E-state index in [0.717, 1.165) is 63.3 Å². The minimum atomic E-state index is -0.0458. The smallest absolute Gasteiger partial charge is 0.257 e. The summed E-state index contributed by atoms with van der Waals surface area (Å²) in [5.74, 6) is 1.46. The van der Waals surface area contributed by atoms with Crippen molar-refractivity contribution in [3.8, 4) is 5.75 Å². The van der Waals surface area contributed by atoms with Crippen molar-refractivity contribution in [2.45, 2.75) is 25.7 Å². The molecule has 1 atom stereocenters. The van der Waals surface area contributed by atoms with Gasteiger partial charge in [0, 0.05) is 43.6 Å². The van der Waals surface area contributed by atoms with Gasteiger partial charge in [0.05, 0.1) is 13.0 Å². The van der Waals surface area contributed by atoms with E-state index in [1.54, 1.807) is 7.11 Å². The normalized spacial score (nSPS) is 23.7. The zero-order chi connectivity index (χ0) is 17.2. The van der Waals surface area contributed by atoms with Gasteiger partial charge in [0.2, 0.25) is 5.96 Å². The van der Waals surface area contributed by atoms with Crippen LogP contribution in [0.5, 0.6) is 5.75 Å². The van der Waals surface area contributed by atoms with Gasteiger partial charge in [-0.2, -0.15) is 4.99 Å². The van der Waals surface area contributed by atoms with Crippen LogP contribution in [0.1, 0.15) is 25.7 Å². The first-order valence-corrected chi connectivity index (χ1v) is 9.08. The minimum Gasteiger partial charge on any atom is -0.497 e. The van der Waals surface area contributed by atoms with Gasteiger partial charge >= 0.3 is 0 Å². The van der Waals surface area contributed by atoms with Gasteiger partial charge in [-0.05, 0) is 31.4 Å². The van der Waals surface area contributed by atoms with Crippen LogP contribution in [-0.4, -0.2) is 55.8 Å². The number of nitrogens with zero attached hydrogens (tertiary/aromatic N) is 4. The van der Waals surface area contributed by atoms with Crippen LogP contribution in [0, 0.1) is 5.92 Å². The number of rotatable bonds is 2. The number of hydrogen-bond donors (Lipinski definition) is 0. The molecule has 0 spiro atoms. The zero-order valence-electron chi connectivity index (χ0n) is 14.6. The van der Waals surface area contributed by atoms with Crippen molar-refractivity contribution in [3.63, 3.8) is 0 Å². The third-order valence-corrected chi connectivity index (χ3v) is 5.31. The Hall–Kier alpha value is -2.37. The number of aliphatic imine (C=N–C) groups is 2. The molecule has 2 aliphatic heterocycles. The molecule has 1 saturated heterocycles. The van der Waals surface area contributed by atoms with Gasteiger partial charge in [0.1, 0.15) is 5.75 Å². The van der Waals surface area contributed by atoms with Crippen LogP contribution in [0.15, 0.2) is 34.3 Å². The highest BCUT2D eigenvalue weighted by atomic mass is 16.5. The standard InChI is InChI=1S/C19H24N4O2/c1-25-15-6-4-5-14(13-15)22-9-11-23(12-10-22)19-20-17-8-3-2-7-16(17)18(24)21-19/h4-6,13,16H,2-3,7-12H2,1H3. The molecule has 1 aromatic rings. The molecule has 6 heteroatoms. The number of hydrogen-bond acceptors (Lipinski definition) is 5. The fourth-order valence-electron chi connectivity index (χ4n) is 3.84. The molecule has 0 bridgehead atoms. The summed E-state index contributed by atoms with van der Waals surface area (Å²) >= 11 is 0. The molecular weight excluding hydrogens is 316 g/mol. The molecule has 2 fully saturated rings. The van der Waals surface area contributed by atoms with Gasteiger partial charge in [-0.1, -0.05) is 12.5 Å². The van der Waals surface area contributed by atoms with Crippen molar-refractivity contribution < 1.29 is 9.53 Å². The van der Waals surface area contributed by atoms with Crippen molar-refractivity contribution in [2.24, 2.45) is 15.9 Å². The number of fused-ring (bicyclic) bond motifs is 1. The van der Waals surface area contributed by atoms with Crippen LogP contribution in [0.2, 0.25) is 0 Å². The lowest BCUT2D eigenvalue weighted by atomic mass is 9.86. The molecule has 1 unspecified atom stereocenters. The Kier molecular flexibility index (Phi) is 4.42. The molecule has 3 aliphatic rings. The Morgan fingerprint density at radius 3 is 2.68 bits per heavy atom. The molecule has 1 aromatic carbocycles. The van der Waals surface area contributed by atoms with Gasteiger partial charge in [0.25, 0.3) is 5.91 Å². The van der Waals surface area contributed by atoms with E-state index in [4.69, 9.17) is 9.73 Å².